The summed E-state index contributed by atoms with van der Waals surface area (Å²) in [6, 6.07) is 0.502. The third kappa shape index (κ3) is 3.03. The van der Waals surface area contributed by atoms with Gasteiger partial charge in [-0.1, -0.05) is 66.7 Å². The molecular weight excluding hydrogens is 208 g/mol. The molecule has 1 aliphatic carbocycles. The van der Waals surface area contributed by atoms with Crippen LogP contribution < -0.4 is 11.3 Å². The predicted molar refractivity (Wildman–Crippen MR) is 75.5 cm³/mol. The van der Waals surface area contributed by atoms with Gasteiger partial charge in [0, 0.05) is 6.04 Å². The highest BCUT2D eigenvalue weighted by Gasteiger charge is 2.66. The van der Waals surface area contributed by atoms with Crippen molar-refractivity contribution in [3.05, 3.63) is 0 Å². The molecule has 0 amide bonds. The van der Waals surface area contributed by atoms with Crippen molar-refractivity contribution in [2.24, 2.45) is 22.6 Å². The molecule has 0 radical (unpaired) electrons. The van der Waals surface area contributed by atoms with Gasteiger partial charge < -0.3 is 0 Å². The number of hydrazine groups is 1. The van der Waals surface area contributed by atoms with E-state index in [-0.39, 0.29) is 0 Å². The van der Waals surface area contributed by atoms with Crippen LogP contribution in [-0.4, -0.2) is 6.04 Å². The van der Waals surface area contributed by atoms with Crippen LogP contribution in [0.1, 0.15) is 73.1 Å². The Morgan fingerprint density at radius 3 is 1.94 bits per heavy atom. The summed E-state index contributed by atoms with van der Waals surface area (Å²) in [7, 11) is 0. The zero-order valence-corrected chi connectivity index (χ0v) is 12.5. The Labute approximate surface area is 108 Å². The number of unbranched alkanes of at least 4 members (excludes halogenated alkanes) is 4. The molecule has 0 aromatic carbocycles. The molecular formula is C15H32N2. The summed E-state index contributed by atoms with van der Waals surface area (Å²) in [5, 5.41) is 0. The third-order valence-electron chi connectivity index (χ3n) is 5.37. The van der Waals surface area contributed by atoms with Crippen LogP contribution in [0.5, 0.6) is 0 Å². The van der Waals surface area contributed by atoms with E-state index in [0.29, 0.717) is 16.9 Å². The maximum Gasteiger partial charge on any atom is 0.0249 e. The Hall–Kier alpha value is -0.0800. The molecule has 0 heterocycles. The van der Waals surface area contributed by atoms with Crippen molar-refractivity contribution in [2.45, 2.75) is 79.2 Å². The van der Waals surface area contributed by atoms with Crippen LogP contribution >= 0.6 is 0 Å². The fourth-order valence-corrected chi connectivity index (χ4v) is 3.57. The Morgan fingerprint density at radius 1 is 1.00 bits per heavy atom. The normalized spacial score (nSPS) is 23.6. The molecule has 3 N–H and O–H groups in total. The molecule has 102 valence electrons. The minimum absolute atomic E-state index is 0.438. The second-order valence-electron chi connectivity index (χ2n) is 6.90. The first-order valence-corrected chi connectivity index (χ1v) is 7.35. The number of rotatable bonds is 8. The van der Waals surface area contributed by atoms with Gasteiger partial charge in [0.15, 0.2) is 0 Å². The monoisotopic (exact) mass is 240 g/mol. The molecule has 2 nitrogen and oxygen atoms in total. The van der Waals surface area contributed by atoms with Crippen molar-refractivity contribution < 1.29 is 0 Å². The van der Waals surface area contributed by atoms with Gasteiger partial charge >= 0.3 is 0 Å². The number of hydrogen-bond donors (Lipinski definition) is 2. The molecule has 0 aromatic rings. The fourth-order valence-electron chi connectivity index (χ4n) is 3.57. The summed E-state index contributed by atoms with van der Waals surface area (Å²) in [6.45, 7) is 11.8. The fraction of sp³-hybridized carbons (Fsp3) is 1.00. The lowest BCUT2D eigenvalue weighted by atomic mass is 9.98. The average molecular weight is 240 g/mol. The highest BCUT2D eigenvalue weighted by atomic mass is 15.2. The molecule has 17 heavy (non-hydrogen) atoms. The van der Waals surface area contributed by atoms with E-state index in [1.807, 2.05) is 0 Å². The second kappa shape index (κ2) is 5.71. The van der Waals surface area contributed by atoms with Gasteiger partial charge in [-0.15, -0.1) is 0 Å². The van der Waals surface area contributed by atoms with Gasteiger partial charge in [-0.2, -0.15) is 0 Å². The van der Waals surface area contributed by atoms with Gasteiger partial charge in [0.25, 0.3) is 0 Å². The predicted octanol–water partition coefficient (Wildman–Crippen LogP) is 3.86. The molecule has 1 atom stereocenters. The highest BCUT2D eigenvalue weighted by molar-refractivity contribution is 5.15. The van der Waals surface area contributed by atoms with Crippen LogP contribution in [0.25, 0.3) is 0 Å². The van der Waals surface area contributed by atoms with Crippen molar-refractivity contribution in [1.82, 2.24) is 5.43 Å². The number of nitrogens with two attached hydrogens (primary N) is 1. The van der Waals surface area contributed by atoms with E-state index < -0.39 is 0 Å². The zero-order chi connectivity index (χ0) is 13.1. The molecule has 1 saturated carbocycles. The van der Waals surface area contributed by atoms with Crippen molar-refractivity contribution >= 4 is 0 Å². The smallest absolute Gasteiger partial charge is 0.0249 e. The third-order valence-corrected chi connectivity index (χ3v) is 5.37. The summed E-state index contributed by atoms with van der Waals surface area (Å²) in [5.41, 5.74) is 3.94. The molecule has 0 spiro atoms. The lowest BCUT2D eigenvalue weighted by molar-refractivity contribution is 0.369. The Balaban J connectivity index is 2.31. The lowest BCUT2D eigenvalue weighted by Crippen LogP contribution is -2.38. The van der Waals surface area contributed by atoms with Crippen molar-refractivity contribution in [3.8, 4) is 0 Å². The first kappa shape index (κ1) is 15.0. The zero-order valence-electron chi connectivity index (χ0n) is 12.5. The first-order valence-electron chi connectivity index (χ1n) is 7.35. The summed E-state index contributed by atoms with van der Waals surface area (Å²) in [6.07, 6.45) is 7.99. The van der Waals surface area contributed by atoms with E-state index in [2.05, 4.69) is 40.0 Å². The first-order chi connectivity index (χ1) is 7.89. The second-order valence-corrected chi connectivity index (χ2v) is 6.90. The van der Waals surface area contributed by atoms with Gasteiger partial charge in [-0.3, -0.25) is 11.3 Å². The van der Waals surface area contributed by atoms with Crippen molar-refractivity contribution in [1.29, 1.82) is 0 Å². The standard InChI is InChI=1S/C15H32N2/c1-6-7-8-9-10-11-12(17-16)13-14(2,3)15(13,4)5/h12-13,17H,6-11,16H2,1-5H3. The molecule has 1 aliphatic rings. The van der Waals surface area contributed by atoms with E-state index in [1.54, 1.807) is 0 Å². The molecule has 0 aliphatic heterocycles. The van der Waals surface area contributed by atoms with Crippen LogP contribution in [0.4, 0.5) is 0 Å². The number of nitrogens with one attached hydrogen (secondary N) is 1. The van der Waals surface area contributed by atoms with Crippen LogP contribution in [-0.2, 0) is 0 Å². The summed E-state index contributed by atoms with van der Waals surface area (Å²) in [5.74, 6) is 6.47. The molecule has 0 bridgehead atoms. The summed E-state index contributed by atoms with van der Waals surface area (Å²) in [4.78, 5) is 0. The molecule has 2 heteroatoms. The van der Waals surface area contributed by atoms with Crippen LogP contribution in [0, 0.1) is 16.7 Å². The summed E-state index contributed by atoms with van der Waals surface area (Å²) >= 11 is 0. The maximum atomic E-state index is 5.75. The Kier molecular flexibility index (Phi) is 5.03. The molecule has 1 unspecified atom stereocenters. The topological polar surface area (TPSA) is 38.0 Å². The number of hydrogen-bond acceptors (Lipinski definition) is 2. The molecule has 1 fully saturated rings. The lowest BCUT2D eigenvalue weighted by Gasteiger charge is -2.18. The minimum atomic E-state index is 0.438. The van der Waals surface area contributed by atoms with Gasteiger partial charge in [0.2, 0.25) is 0 Å². The molecule has 0 aromatic heterocycles. The van der Waals surface area contributed by atoms with Crippen LogP contribution in [0.2, 0.25) is 0 Å². The van der Waals surface area contributed by atoms with Gasteiger partial charge in [0.05, 0.1) is 0 Å². The SMILES string of the molecule is CCCCCCCC(NN)C1C(C)(C)C1(C)C. The van der Waals surface area contributed by atoms with Crippen LogP contribution in [0.3, 0.4) is 0 Å². The average Bonchev–Trinajstić information content (AvgIpc) is 2.65. The molecule has 1 rings (SSSR count). The Bertz CT molecular complexity index is 219. The highest BCUT2D eigenvalue weighted by Crippen LogP contribution is 2.69. The van der Waals surface area contributed by atoms with E-state index in [4.69, 9.17) is 5.84 Å². The van der Waals surface area contributed by atoms with Crippen molar-refractivity contribution in [3.63, 3.8) is 0 Å². The van der Waals surface area contributed by atoms with E-state index in [1.165, 1.54) is 38.5 Å². The van der Waals surface area contributed by atoms with Crippen molar-refractivity contribution in [2.75, 3.05) is 0 Å². The van der Waals surface area contributed by atoms with E-state index in [0.717, 1.165) is 5.92 Å². The van der Waals surface area contributed by atoms with Gasteiger partial charge in [0.1, 0.15) is 0 Å². The quantitative estimate of drug-likeness (QED) is 0.384. The van der Waals surface area contributed by atoms with Gasteiger partial charge in [-0.25, -0.2) is 0 Å². The van der Waals surface area contributed by atoms with E-state index in [9.17, 15) is 0 Å². The Morgan fingerprint density at radius 2 is 1.53 bits per heavy atom. The van der Waals surface area contributed by atoms with E-state index >= 15 is 0 Å². The summed E-state index contributed by atoms with van der Waals surface area (Å²) < 4.78 is 0. The molecule has 0 saturated heterocycles. The largest absolute Gasteiger partial charge is 0.271 e. The van der Waals surface area contributed by atoms with Gasteiger partial charge in [-0.05, 0) is 23.2 Å². The van der Waals surface area contributed by atoms with Crippen LogP contribution in [0.15, 0.2) is 0 Å². The maximum absolute atomic E-state index is 5.75. The minimum Gasteiger partial charge on any atom is -0.271 e.